The van der Waals surface area contributed by atoms with E-state index in [1.807, 2.05) is 0 Å². The first-order valence-electron chi connectivity index (χ1n) is 7.01. The van der Waals surface area contributed by atoms with Crippen LogP contribution in [-0.2, 0) is 14.4 Å². The number of hydrogen-bond acceptors (Lipinski definition) is 3. The van der Waals surface area contributed by atoms with Crippen LogP contribution in [0.3, 0.4) is 0 Å². The Morgan fingerprint density at radius 2 is 0.839 bits per heavy atom. The van der Waals surface area contributed by atoms with Crippen LogP contribution >= 0.6 is 0 Å². The Morgan fingerprint density at radius 3 is 0.903 bits per heavy atom. The van der Waals surface area contributed by atoms with E-state index in [0.717, 1.165) is 6.92 Å². The molecule has 18 heteroatoms. The average Bonchev–Trinajstić information content (AvgIpc) is 2.51. The summed E-state index contributed by atoms with van der Waals surface area (Å²) >= 11 is 0. The van der Waals surface area contributed by atoms with Gasteiger partial charge in [-0.1, -0.05) is 6.92 Å². The van der Waals surface area contributed by atoms with Gasteiger partial charge >= 0.3 is 36.3 Å². The van der Waals surface area contributed by atoms with Crippen molar-refractivity contribution >= 4 is 17.3 Å². The van der Waals surface area contributed by atoms with E-state index in [1.54, 1.807) is 0 Å². The summed E-state index contributed by atoms with van der Waals surface area (Å²) in [5, 5.41) is 0. The normalized spacial score (nSPS) is 13.4. The Morgan fingerprint density at radius 1 is 0.548 bits per heavy atom. The lowest BCUT2D eigenvalue weighted by molar-refractivity contribution is -0.343. The third kappa shape index (κ3) is 9.32. The monoisotopic (exact) mass is 500 g/mol. The fourth-order valence-corrected chi connectivity index (χ4v) is 0.779. The molecule has 0 N–H and O–H groups in total. The van der Waals surface area contributed by atoms with Crippen molar-refractivity contribution in [3.8, 4) is 0 Å². The molecule has 0 bridgehead atoms. The van der Waals surface area contributed by atoms with Crippen molar-refractivity contribution in [2.24, 2.45) is 0 Å². The Kier molecular flexibility index (Phi) is 11.4. The van der Waals surface area contributed by atoms with Gasteiger partial charge in [-0.3, -0.25) is 14.4 Å². The van der Waals surface area contributed by atoms with Gasteiger partial charge in [-0.05, 0) is 0 Å². The van der Waals surface area contributed by atoms with Crippen LogP contribution < -0.4 is 0 Å². The predicted octanol–water partition coefficient (Wildman–Crippen LogP) is 5.71. The fourth-order valence-electron chi connectivity index (χ4n) is 0.779. The van der Waals surface area contributed by atoms with Crippen LogP contribution in [0.25, 0.3) is 0 Å². The summed E-state index contributed by atoms with van der Waals surface area (Å²) in [5.74, 6) is -23.6. The van der Waals surface area contributed by atoms with Crippen molar-refractivity contribution < 1.29 is 80.2 Å². The molecule has 0 aliphatic carbocycles. The molecule has 0 saturated carbocycles. The van der Waals surface area contributed by atoms with Crippen molar-refractivity contribution in [3.05, 3.63) is 0 Å². The SMILES string of the molecule is CC(=O)C(F)(F)C(F)(F)C(F)(F)F.CC(=O)C(F)(F)F.CCC(=O)C(F)(F)C(F)(F)F. The minimum atomic E-state index is -6.44. The highest BCUT2D eigenvalue weighted by Crippen LogP contribution is 2.46. The fraction of sp³-hybridized carbons (Fsp3) is 0.769. The van der Waals surface area contributed by atoms with E-state index in [-0.39, 0.29) is 6.92 Å². The standard InChI is InChI=1S/C5H3F7O.C5H5F5O.C3H3F3O/c1-2(13)3(6,7)4(8,9)5(10,11)12;1-2-3(11)4(6,7)5(8,9)10;1-2(7)3(4,5)6/h1H3;2H2,1H3;1H3. The first kappa shape index (κ1) is 33.6. The van der Waals surface area contributed by atoms with Crippen LogP contribution in [0.5, 0.6) is 0 Å². The largest absolute Gasteiger partial charge is 0.461 e. The molecule has 0 aromatic heterocycles. The van der Waals surface area contributed by atoms with Crippen LogP contribution in [0.1, 0.15) is 27.2 Å². The van der Waals surface area contributed by atoms with Gasteiger partial charge in [-0.25, -0.2) is 0 Å². The molecular weight excluding hydrogens is 489 g/mol. The van der Waals surface area contributed by atoms with Gasteiger partial charge in [-0.15, -0.1) is 0 Å². The molecule has 0 aliphatic rings. The predicted molar refractivity (Wildman–Crippen MR) is 69.7 cm³/mol. The Balaban J connectivity index is -0.000000397. The van der Waals surface area contributed by atoms with Gasteiger partial charge in [0.15, 0.2) is 0 Å². The van der Waals surface area contributed by atoms with Crippen LogP contribution in [-0.4, -0.2) is 53.6 Å². The number of carbonyl (C=O) groups is 3. The number of carbonyl (C=O) groups excluding carboxylic acids is 3. The molecule has 31 heavy (non-hydrogen) atoms. The minimum absolute atomic E-state index is 0.0420. The van der Waals surface area contributed by atoms with Gasteiger partial charge in [0.1, 0.15) is 0 Å². The molecular formula is C13H11F15O3. The molecule has 3 nitrogen and oxygen atoms in total. The van der Waals surface area contributed by atoms with Gasteiger partial charge in [0.05, 0.1) is 0 Å². The molecule has 186 valence electrons. The lowest BCUT2D eigenvalue weighted by Gasteiger charge is -2.25. The van der Waals surface area contributed by atoms with E-state index in [0.29, 0.717) is 6.92 Å². The van der Waals surface area contributed by atoms with E-state index in [2.05, 4.69) is 0 Å². The maximum absolute atomic E-state index is 12.0. The van der Waals surface area contributed by atoms with E-state index >= 15 is 0 Å². The second-order valence-corrected chi connectivity index (χ2v) is 5.11. The highest BCUT2D eigenvalue weighted by atomic mass is 19.4. The Bertz CT molecular complexity index is 626. The number of ketones is 3. The maximum Gasteiger partial charge on any atom is 0.461 e. The summed E-state index contributed by atoms with van der Waals surface area (Å²) in [6.07, 6.45) is -17.7. The summed E-state index contributed by atoms with van der Waals surface area (Å²) in [5.41, 5.74) is 0. The first-order chi connectivity index (χ1) is 13.1. The molecule has 0 amide bonds. The number of Topliss-reactive ketones (excluding diaryl/α,β-unsaturated/α-hetero) is 3. The summed E-state index contributed by atoms with van der Waals surface area (Å²) in [6, 6.07) is 0. The van der Waals surface area contributed by atoms with Gasteiger partial charge in [0.25, 0.3) is 0 Å². The molecule has 0 spiro atoms. The summed E-state index contributed by atoms with van der Waals surface area (Å²) in [6.45, 7) is 1.39. The van der Waals surface area contributed by atoms with Crippen LogP contribution in [0, 0.1) is 0 Å². The van der Waals surface area contributed by atoms with Crippen molar-refractivity contribution in [1.82, 2.24) is 0 Å². The van der Waals surface area contributed by atoms with Crippen molar-refractivity contribution in [2.75, 3.05) is 0 Å². The van der Waals surface area contributed by atoms with Gasteiger partial charge < -0.3 is 0 Å². The highest BCUT2D eigenvalue weighted by Gasteiger charge is 2.75. The highest BCUT2D eigenvalue weighted by molar-refractivity contribution is 5.86. The van der Waals surface area contributed by atoms with Crippen LogP contribution in [0.2, 0.25) is 0 Å². The molecule has 0 radical (unpaired) electrons. The zero-order valence-electron chi connectivity index (χ0n) is 15.1. The average molecular weight is 500 g/mol. The molecule has 0 saturated heterocycles. The number of alkyl halides is 15. The lowest BCUT2D eigenvalue weighted by Crippen LogP contribution is -2.55. The topological polar surface area (TPSA) is 51.2 Å². The van der Waals surface area contributed by atoms with E-state index in [4.69, 9.17) is 0 Å². The van der Waals surface area contributed by atoms with E-state index in [9.17, 15) is 80.2 Å². The van der Waals surface area contributed by atoms with Crippen LogP contribution in [0.4, 0.5) is 65.9 Å². The van der Waals surface area contributed by atoms with E-state index < -0.39 is 60.1 Å². The molecule has 0 heterocycles. The molecule has 0 aromatic rings. The van der Waals surface area contributed by atoms with Crippen molar-refractivity contribution in [3.63, 3.8) is 0 Å². The Labute approximate surface area is 162 Å². The molecule has 0 rings (SSSR count). The number of hydrogen-bond donors (Lipinski definition) is 0. The Hall–Kier alpha value is -2.04. The number of halogens is 15. The third-order valence-corrected chi connectivity index (χ3v) is 2.62. The zero-order chi connectivity index (χ0) is 26.4. The zero-order valence-corrected chi connectivity index (χ0v) is 15.1. The van der Waals surface area contributed by atoms with Crippen LogP contribution in [0.15, 0.2) is 0 Å². The smallest absolute Gasteiger partial charge is 0.293 e. The van der Waals surface area contributed by atoms with Gasteiger partial charge in [0, 0.05) is 20.3 Å². The summed E-state index contributed by atoms with van der Waals surface area (Å²) in [7, 11) is 0. The molecule has 0 atom stereocenters. The molecule has 0 aliphatic heterocycles. The summed E-state index contributed by atoms with van der Waals surface area (Å²) in [4.78, 5) is 29.2. The van der Waals surface area contributed by atoms with E-state index in [1.165, 1.54) is 0 Å². The third-order valence-electron chi connectivity index (χ3n) is 2.62. The van der Waals surface area contributed by atoms with Crippen molar-refractivity contribution in [2.45, 2.75) is 63.5 Å². The molecule has 0 aromatic carbocycles. The van der Waals surface area contributed by atoms with Gasteiger partial charge in [-0.2, -0.15) is 65.9 Å². The molecule has 0 unspecified atom stereocenters. The maximum atomic E-state index is 12.0. The number of rotatable bonds is 4. The van der Waals surface area contributed by atoms with Crippen molar-refractivity contribution in [1.29, 1.82) is 0 Å². The molecule has 0 fully saturated rings. The minimum Gasteiger partial charge on any atom is -0.293 e. The summed E-state index contributed by atoms with van der Waals surface area (Å²) < 4.78 is 172. The second kappa shape index (κ2) is 10.5. The second-order valence-electron chi connectivity index (χ2n) is 5.11. The first-order valence-corrected chi connectivity index (χ1v) is 7.01. The lowest BCUT2D eigenvalue weighted by atomic mass is 10.1. The quantitative estimate of drug-likeness (QED) is 0.465. The van der Waals surface area contributed by atoms with Gasteiger partial charge in [0.2, 0.25) is 17.3 Å².